The predicted molar refractivity (Wildman–Crippen MR) is 76.3 cm³/mol. The Kier molecular flexibility index (Phi) is 6.25. The summed E-state index contributed by atoms with van der Waals surface area (Å²) in [6, 6.07) is 6.17. The van der Waals surface area contributed by atoms with Crippen LogP contribution in [-0.4, -0.2) is 36.5 Å². The van der Waals surface area contributed by atoms with E-state index in [0.717, 1.165) is 32.5 Å². The van der Waals surface area contributed by atoms with Gasteiger partial charge in [-0.3, -0.25) is 4.79 Å². The number of halogens is 2. The molecule has 106 valence electrons. The molecule has 1 aliphatic heterocycles. The van der Waals surface area contributed by atoms with E-state index in [-0.39, 0.29) is 30.2 Å². The van der Waals surface area contributed by atoms with Gasteiger partial charge in [-0.25, -0.2) is 4.39 Å². The Morgan fingerprint density at radius 3 is 2.89 bits per heavy atom. The predicted octanol–water partition coefficient (Wildman–Crippen LogP) is 2.46. The Labute approximate surface area is 119 Å². The Balaban J connectivity index is 0.00000180. The minimum Gasteiger partial charge on any atom is -0.334 e. The number of benzene rings is 1. The van der Waals surface area contributed by atoms with E-state index < -0.39 is 0 Å². The molecule has 1 saturated heterocycles. The molecule has 3 nitrogen and oxygen atoms in total. The van der Waals surface area contributed by atoms with Gasteiger partial charge in [0.25, 0.3) is 5.91 Å². The van der Waals surface area contributed by atoms with Crippen LogP contribution in [0.4, 0.5) is 4.39 Å². The fourth-order valence-corrected chi connectivity index (χ4v) is 2.38. The molecule has 1 amide bonds. The summed E-state index contributed by atoms with van der Waals surface area (Å²) >= 11 is 0. The van der Waals surface area contributed by atoms with E-state index in [9.17, 15) is 9.18 Å². The maximum absolute atomic E-state index is 13.2. The van der Waals surface area contributed by atoms with E-state index in [1.165, 1.54) is 12.1 Å². The Morgan fingerprint density at radius 1 is 1.53 bits per heavy atom. The highest BCUT2D eigenvalue weighted by molar-refractivity contribution is 5.94. The van der Waals surface area contributed by atoms with Crippen molar-refractivity contribution < 1.29 is 9.18 Å². The number of nitrogens with zero attached hydrogens (tertiary/aromatic N) is 1. The molecule has 1 N–H and O–H groups in total. The molecule has 1 aromatic carbocycles. The van der Waals surface area contributed by atoms with Crippen molar-refractivity contribution in [1.82, 2.24) is 10.2 Å². The van der Waals surface area contributed by atoms with E-state index in [1.54, 1.807) is 12.1 Å². The molecule has 1 fully saturated rings. The van der Waals surface area contributed by atoms with Crippen molar-refractivity contribution >= 4 is 18.3 Å². The summed E-state index contributed by atoms with van der Waals surface area (Å²) in [4.78, 5) is 14.3. The molecule has 5 heteroatoms. The van der Waals surface area contributed by atoms with E-state index in [0.29, 0.717) is 5.56 Å². The summed E-state index contributed by atoms with van der Waals surface area (Å²) in [5.74, 6) is -0.424. The van der Waals surface area contributed by atoms with Crippen molar-refractivity contribution in [3.05, 3.63) is 35.6 Å². The molecule has 1 atom stereocenters. The molecular weight excluding hydrogens is 267 g/mol. The molecule has 0 spiro atoms. The Morgan fingerprint density at radius 2 is 2.32 bits per heavy atom. The van der Waals surface area contributed by atoms with Gasteiger partial charge in [0.2, 0.25) is 0 Å². The summed E-state index contributed by atoms with van der Waals surface area (Å²) < 4.78 is 13.2. The number of amides is 1. The molecule has 1 unspecified atom stereocenters. The average Bonchev–Trinajstić information content (AvgIpc) is 2.89. The molecule has 1 aliphatic rings. The van der Waals surface area contributed by atoms with Crippen LogP contribution in [0.2, 0.25) is 0 Å². The molecule has 1 heterocycles. The first-order valence-electron chi connectivity index (χ1n) is 6.49. The third kappa shape index (κ3) is 3.91. The summed E-state index contributed by atoms with van der Waals surface area (Å²) in [6.07, 6.45) is 1.89. The van der Waals surface area contributed by atoms with Gasteiger partial charge in [-0.1, -0.05) is 13.0 Å². The summed E-state index contributed by atoms with van der Waals surface area (Å²) in [7, 11) is 0. The lowest BCUT2D eigenvalue weighted by Crippen LogP contribution is -2.42. The van der Waals surface area contributed by atoms with Crippen LogP contribution in [0.1, 0.15) is 30.1 Å². The minimum atomic E-state index is -0.359. The van der Waals surface area contributed by atoms with E-state index in [1.807, 2.05) is 11.8 Å². The molecule has 0 saturated carbocycles. The number of nitrogens with one attached hydrogen (secondary N) is 1. The molecule has 2 rings (SSSR count). The van der Waals surface area contributed by atoms with E-state index >= 15 is 0 Å². The van der Waals surface area contributed by atoms with E-state index in [4.69, 9.17) is 0 Å². The fourth-order valence-electron chi connectivity index (χ4n) is 2.38. The molecule has 0 aromatic heterocycles. The van der Waals surface area contributed by atoms with Crippen LogP contribution in [0.15, 0.2) is 24.3 Å². The highest BCUT2D eigenvalue weighted by atomic mass is 35.5. The second-order valence-electron chi connectivity index (χ2n) is 4.66. The molecule has 0 bridgehead atoms. The zero-order chi connectivity index (χ0) is 13.0. The van der Waals surface area contributed by atoms with Gasteiger partial charge in [-0.2, -0.15) is 0 Å². The van der Waals surface area contributed by atoms with Gasteiger partial charge < -0.3 is 10.2 Å². The zero-order valence-corrected chi connectivity index (χ0v) is 11.9. The molecule has 1 aromatic rings. The van der Waals surface area contributed by atoms with Gasteiger partial charge in [-0.15, -0.1) is 12.4 Å². The number of rotatable bonds is 4. The van der Waals surface area contributed by atoms with Gasteiger partial charge in [0.15, 0.2) is 0 Å². The highest BCUT2D eigenvalue weighted by Gasteiger charge is 2.26. The monoisotopic (exact) mass is 286 g/mol. The zero-order valence-electron chi connectivity index (χ0n) is 11.1. The van der Waals surface area contributed by atoms with Crippen LogP contribution >= 0.6 is 12.4 Å². The van der Waals surface area contributed by atoms with Crippen LogP contribution in [0.5, 0.6) is 0 Å². The second kappa shape index (κ2) is 7.46. The molecular formula is C14H20ClFN2O. The van der Waals surface area contributed by atoms with Crippen molar-refractivity contribution in [2.75, 3.05) is 19.6 Å². The number of carbonyl (C=O) groups is 1. The van der Waals surface area contributed by atoms with Crippen LogP contribution in [-0.2, 0) is 0 Å². The number of hydrogen-bond acceptors (Lipinski definition) is 2. The van der Waals surface area contributed by atoms with Crippen molar-refractivity contribution in [2.45, 2.75) is 25.8 Å². The number of carbonyl (C=O) groups excluding carboxylic acids is 1. The Bertz CT molecular complexity index is 422. The maximum Gasteiger partial charge on any atom is 0.254 e. The third-order valence-electron chi connectivity index (χ3n) is 3.27. The normalized spacial score (nSPS) is 17.9. The standard InChI is InChI=1S/C14H19FN2O.ClH/c1-2-8-17(13-6-7-16-10-13)14(18)11-4-3-5-12(15)9-11;/h3-5,9,13,16H,2,6-8,10H2,1H3;1H. The lowest BCUT2D eigenvalue weighted by Gasteiger charge is -2.28. The lowest BCUT2D eigenvalue weighted by molar-refractivity contribution is 0.0692. The van der Waals surface area contributed by atoms with Crippen molar-refractivity contribution in [3.63, 3.8) is 0 Å². The molecule has 19 heavy (non-hydrogen) atoms. The van der Waals surface area contributed by atoms with Crippen molar-refractivity contribution in [1.29, 1.82) is 0 Å². The topological polar surface area (TPSA) is 32.3 Å². The maximum atomic E-state index is 13.2. The SMILES string of the molecule is CCCN(C(=O)c1cccc(F)c1)C1CCNC1.Cl. The second-order valence-corrected chi connectivity index (χ2v) is 4.66. The van der Waals surface area contributed by atoms with Gasteiger partial charge in [0.1, 0.15) is 5.82 Å². The van der Waals surface area contributed by atoms with Gasteiger partial charge in [0.05, 0.1) is 0 Å². The van der Waals surface area contributed by atoms with Crippen molar-refractivity contribution in [3.8, 4) is 0 Å². The van der Waals surface area contributed by atoms with Gasteiger partial charge >= 0.3 is 0 Å². The van der Waals surface area contributed by atoms with Crippen LogP contribution in [0.3, 0.4) is 0 Å². The first kappa shape index (κ1) is 15.9. The highest BCUT2D eigenvalue weighted by Crippen LogP contribution is 2.14. The first-order valence-corrected chi connectivity index (χ1v) is 6.49. The van der Waals surface area contributed by atoms with Crippen LogP contribution in [0, 0.1) is 5.82 Å². The fraction of sp³-hybridized carbons (Fsp3) is 0.500. The number of hydrogen-bond donors (Lipinski definition) is 1. The summed E-state index contributed by atoms with van der Waals surface area (Å²) in [5.41, 5.74) is 0.440. The quantitative estimate of drug-likeness (QED) is 0.922. The third-order valence-corrected chi connectivity index (χ3v) is 3.27. The van der Waals surface area contributed by atoms with Crippen LogP contribution < -0.4 is 5.32 Å². The average molecular weight is 287 g/mol. The van der Waals surface area contributed by atoms with Gasteiger partial charge in [-0.05, 0) is 37.6 Å². The van der Waals surface area contributed by atoms with Crippen molar-refractivity contribution in [2.24, 2.45) is 0 Å². The largest absolute Gasteiger partial charge is 0.334 e. The smallest absolute Gasteiger partial charge is 0.254 e. The molecule has 0 aliphatic carbocycles. The van der Waals surface area contributed by atoms with Crippen LogP contribution in [0.25, 0.3) is 0 Å². The summed E-state index contributed by atoms with van der Waals surface area (Å²) in [6.45, 7) is 4.55. The Hall–Kier alpha value is -1.13. The summed E-state index contributed by atoms with van der Waals surface area (Å²) in [5, 5.41) is 3.26. The lowest BCUT2D eigenvalue weighted by atomic mass is 10.1. The van der Waals surface area contributed by atoms with E-state index in [2.05, 4.69) is 5.32 Å². The van der Waals surface area contributed by atoms with Gasteiger partial charge in [0, 0.05) is 24.7 Å². The molecule has 0 radical (unpaired) electrons. The first-order chi connectivity index (χ1) is 8.72. The minimum absolute atomic E-state index is 0.